The van der Waals surface area contributed by atoms with Crippen LogP contribution < -0.4 is 4.74 Å². The number of methoxy groups -OCH3 is 1. The molecular formula is C10H10F2N2O5. The van der Waals surface area contributed by atoms with E-state index in [4.69, 9.17) is 0 Å². The first-order valence-electron chi connectivity index (χ1n) is 5.10. The molecule has 0 spiro atoms. The molecule has 1 aromatic rings. The van der Waals surface area contributed by atoms with Crippen molar-refractivity contribution in [1.82, 2.24) is 4.98 Å². The van der Waals surface area contributed by atoms with Gasteiger partial charge in [0.25, 0.3) is 6.43 Å². The Bertz CT molecular complexity index is 507. The SMILES string of the molecule is CCOC(=O)c1c([N+](=O)[O-])ncc(OC)c1C(F)F. The zero-order valence-electron chi connectivity index (χ0n) is 10.1. The van der Waals surface area contributed by atoms with Gasteiger partial charge in [-0.2, -0.15) is 0 Å². The number of rotatable bonds is 5. The zero-order chi connectivity index (χ0) is 14.6. The summed E-state index contributed by atoms with van der Waals surface area (Å²) >= 11 is 0. The topological polar surface area (TPSA) is 91.6 Å². The lowest BCUT2D eigenvalue weighted by atomic mass is 10.1. The van der Waals surface area contributed by atoms with E-state index in [1.54, 1.807) is 0 Å². The number of aromatic nitrogens is 1. The first kappa shape index (κ1) is 14.7. The maximum Gasteiger partial charge on any atom is 0.378 e. The molecule has 0 radical (unpaired) electrons. The molecule has 0 aliphatic carbocycles. The Kier molecular flexibility index (Phi) is 4.67. The molecule has 0 saturated carbocycles. The Morgan fingerprint density at radius 3 is 2.63 bits per heavy atom. The number of alkyl halides is 2. The highest BCUT2D eigenvalue weighted by molar-refractivity contribution is 5.95. The first-order valence-corrected chi connectivity index (χ1v) is 5.10. The minimum Gasteiger partial charge on any atom is -0.492 e. The fourth-order valence-corrected chi connectivity index (χ4v) is 1.42. The lowest BCUT2D eigenvalue weighted by Gasteiger charge is -2.11. The van der Waals surface area contributed by atoms with E-state index >= 15 is 0 Å². The van der Waals surface area contributed by atoms with E-state index in [2.05, 4.69) is 14.5 Å². The van der Waals surface area contributed by atoms with Gasteiger partial charge >= 0.3 is 11.8 Å². The van der Waals surface area contributed by atoms with E-state index in [0.717, 1.165) is 13.3 Å². The average Bonchev–Trinajstić information content (AvgIpc) is 2.36. The third-order valence-electron chi connectivity index (χ3n) is 2.15. The normalized spacial score (nSPS) is 10.4. The van der Waals surface area contributed by atoms with Crippen molar-refractivity contribution in [3.8, 4) is 5.75 Å². The van der Waals surface area contributed by atoms with Crippen molar-refractivity contribution in [3.63, 3.8) is 0 Å². The summed E-state index contributed by atoms with van der Waals surface area (Å²) in [5.41, 5.74) is -1.79. The number of carbonyl (C=O) groups excluding carboxylic acids is 1. The van der Waals surface area contributed by atoms with Crippen LogP contribution in [0.3, 0.4) is 0 Å². The van der Waals surface area contributed by atoms with Crippen molar-refractivity contribution >= 4 is 11.8 Å². The van der Waals surface area contributed by atoms with Crippen LogP contribution in [0.2, 0.25) is 0 Å². The highest BCUT2D eigenvalue weighted by atomic mass is 19.3. The van der Waals surface area contributed by atoms with E-state index < -0.39 is 40.0 Å². The number of pyridine rings is 1. The molecule has 1 rings (SSSR count). The predicted molar refractivity (Wildman–Crippen MR) is 58.4 cm³/mol. The Hall–Kier alpha value is -2.32. The molecule has 0 aliphatic heterocycles. The molecule has 0 bridgehead atoms. The number of ether oxygens (including phenoxy) is 2. The molecule has 1 aromatic heterocycles. The van der Waals surface area contributed by atoms with Gasteiger partial charge in [0.05, 0.1) is 19.3 Å². The van der Waals surface area contributed by atoms with Crippen molar-refractivity contribution in [2.45, 2.75) is 13.3 Å². The lowest BCUT2D eigenvalue weighted by molar-refractivity contribution is -0.390. The molecule has 1 heterocycles. The summed E-state index contributed by atoms with van der Waals surface area (Å²) in [6.45, 7) is 1.33. The predicted octanol–water partition coefficient (Wildman–Crippen LogP) is 2.11. The van der Waals surface area contributed by atoms with E-state index in [1.807, 2.05) is 0 Å². The summed E-state index contributed by atoms with van der Waals surface area (Å²) in [5, 5.41) is 10.8. The van der Waals surface area contributed by atoms with E-state index in [9.17, 15) is 23.7 Å². The van der Waals surface area contributed by atoms with Crippen LogP contribution in [0.1, 0.15) is 29.3 Å². The van der Waals surface area contributed by atoms with Crippen LogP contribution in [0.5, 0.6) is 5.75 Å². The maximum absolute atomic E-state index is 13.0. The number of hydrogen-bond donors (Lipinski definition) is 0. The van der Waals surface area contributed by atoms with Crippen LogP contribution in [-0.4, -0.2) is 29.6 Å². The molecule has 0 atom stereocenters. The van der Waals surface area contributed by atoms with Crippen LogP contribution in [0.15, 0.2) is 6.20 Å². The van der Waals surface area contributed by atoms with Gasteiger partial charge in [-0.05, 0) is 16.8 Å². The molecule has 0 fully saturated rings. The van der Waals surface area contributed by atoms with Gasteiger partial charge in [0.1, 0.15) is 0 Å². The summed E-state index contributed by atoms with van der Waals surface area (Å²) < 4.78 is 35.1. The Labute approximate surface area is 106 Å². The van der Waals surface area contributed by atoms with Crippen molar-refractivity contribution in [2.75, 3.05) is 13.7 Å². The maximum atomic E-state index is 13.0. The van der Waals surface area contributed by atoms with Crippen molar-refractivity contribution in [2.24, 2.45) is 0 Å². The standard InChI is InChI=1S/C10H10F2N2O5/c1-3-19-10(15)7-6(8(11)12)5(18-2)4-13-9(7)14(16)17/h4,8H,3H2,1-2H3. The van der Waals surface area contributed by atoms with Crippen LogP contribution in [-0.2, 0) is 4.74 Å². The van der Waals surface area contributed by atoms with Gasteiger partial charge in [-0.1, -0.05) is 0 Å². The summed E-state index contributed by atoms with van der Waals surface area (Å²) in [6, 6.07) is 0. The second-order valence-corrected chi connectivity index (χ2v) is 3.22. The van der Waals surface area contributed by atoms with Gasteiger partial charge < -0.3 is 19.6 Å². The molecule has 7 nitrogen and oxygen atoms in total. The van der Waals surface area contributed by atoms with E-state index in [-0.39, 0.29) is 6.61 Å². The van der Waals surface area contributed by atoms with Crippen molar-refractivity contribution < 1.29 is 28.0 Å². The summed E-state index contributed by atoms with van der Waals surface area (Å²) in [6.07, 6.45) is -2.38. The van der Waals surface area contributed by atoms with Crippen molar-refractivity contribution in [3.05, 3.63) is 27.4 Å². The second-order valence-electron chi connectivity index (χ2n) is 3.22. The number of nitro groups is 1. The van der Waals surface area contributed by atoms with Gasteiger partial charge in [-0.25, -0.2) is 13.6 Å². The minimum absolute atomic E-state index is 0.115. The van der Waals surface area contributed by atoms with Gasteiger partial charge in [0.15, 0.2) is 17.5 Å². The van der Waals surface area contributed by atoms with Crippen LogP contribution in [0.25, 0.3) is 0 Å². The zero-order valence-corrected chi connectivity index (χ0v) is 10.1. The fraction of sp³-hybridized carbons (Fsp3) is 0.400. The second kappa shape index (κ2) is 6.03. The summed E-state index contributed by atoms with van der Waals surface area (Å²) in [5.74, 6) is -2.64. The molecular weight excluding hydrogens is 266 g/mol. The Balaban J connectivity index is 3.58. The molecule has 0 amide bonds. The fourth-order valence-electron chi connectivity index (χ4n) is 1.42. The van der Waals surface area contributed by atoms with Gasteiger partial charge in [0.2, 0.25) is 0 Å². The smallest absolute Gasteiger partial charge is 0.378 e. The summed E-state index contributed by atoms with van der Waals surface area (Å²) in [7, 11) is 1.09. The molecule has 0 saturated heterocycles. The largest absolute Gasteiger partial charge is 0.492 e. The Morgan fingerprint density at radius 1 is 1.58 bits per heavy atom. The van der Waals surface area contributed by atoms with Crippen LogP contribution in [0, 0.1) is 10.1 Å². The van der Waals surface area contributed by atoms with Crippen LogP contribution >= 0.6 is 0 Å². The third-order valence-corrected chi connectivity index (χ3v) is 2.15. The molecule has 0 aliphatic rings. The number of esters is 1. The molecule has 0 N–H and O–H groups in total. The lowest BCUT2D eigenvalue weighted by Crippen LogP contribution is -2.14. The number of halogens is 2. The third kappa shape index (κ3) is 2.92. The number of hydrogen-bond acceptors (Lipinski definition) is 6. The highest BCUT2D eigenvalue weighted by Gasteiger charge is 2.34. The minimum atomic E-state index is -3.14. The van der Waals surface area contributed by atoms with Gasteiger partial charge in [0, 0.05) is 0 Å². The average molecular weight is 276 g/mol. The molecule has 0 unspecified atom stereocenters. The number of carbonyl (C=O) groups is 1. The van der Waals surface area contributed by atoms with Gasteiger partial charge in [-0.3, -0.25) is 0 Å². The van der Waals surface area contributed by atoms with Crippen molar-refractivity contribution in [1.29, 1.82) is 0 Å². The summed E-state index contributed by atoms with van der Waals surface area (Å²) in [4.78, 5) is 24.7. The first-order chi connectivity index (χ1) is 8.93. The van der Waals surface area contributed by atoms with Gasteiger partial charge in [-0.15, -0.1) is 0 Å². The molecule has 104 valence electrons. The quantitative estimate of drug-likeness (QED) is 0.464. The van der Waals surface area contributed by atoms with Crippen LogP contribution in [0.4, 0.5) is 14.6 Å². The monoisotopic (exact) mass is 276 g/mol. The molecule has 9 heteroatoms. The van der Waals surface area contributed by atoms with E-state index in [0.29, 0.717) is 0 Å². The molecule has 0 aromatic carbocycles. The Morgan fingerprint density at radius 2 is 2.21 bits per heavy atom. The highest BCUT2D eigenvalue weighted by Crippen LogP contribution is 2.36. The number of nitrogens with zero attached hydrogens (tertiary/aromatic N) is 2. The van der Waals surface area contributed by atoms with E-state index in [1.165, 1.54) is 6.92 Å². The molecule has 19 heavy (non-hydrogen) atoms.